The van der Waals surface area contributed by atoms with Gasteiger partial charge in [-0.25, -0.2) is 4.79 Å². The van der Waals surface area contributed by atoms with Crippen LogP contribution in [0.1, 0.15) is 0 Å². The van der Waals surface area contributed by atoms with E-state index in [2.05, 4.69) is 5.32 Å². The number of anilines is 1. The molecule has 0 amide bonds. The number of carboxylic acid groups (broad SMARTS) is 1. The van der Waals surface area contributed by atoms with Gasteiger partial charge in [-0.1, -0.05) is 11.6 Å². The number of nitrogens with one attached hydrogen (secondary N) is 1. The lowest BCUT2D eigenvalue weighted by Crippen LogP contribution is -2.20. The highest BCUT2D eigenvalue weighted by molar-refractivity contribution is 7.99. The molecule has 1 aliphatic rings. The molecular formula is C10H7ClN2O4S. The third-order valence-electron chi connectivity index (χ3n) is 2.27. The van der Waals surface area contributed by atoms with Gasteiger partial charge in [-0.2, -0.15) is 0 Å². The average Bonchev–Trinajstić information content (AvgIpc) is 2.28. The fourth-order valence-corrected chi connectivity index (χ4v) is 2.74. The van der Waals surface area contributed by atoms with Crippen LogP contribution in [-0.4, -0.2) is 21.8 Å². The number of rotatable bonds is 2. The maximum Gasteiger partial charge on any atom is 0.409 e. The minimum atomic E-state index is -1.56. The van der Waals surface area contributed by atoms with Crippen LogP contribution >= 0.6 is 23.4 Å². The van der Waals surface area contributed by atoms with Crippen LogP contribution in [0.25, 0.3) is 0 Å². The minimum absolute atomic E-state index is 0.0762. The monoisotopic (exact) mass is 286 g/mol. The molecule has 0 aliphatic carbocycles. The van der Waals surface area contributed by atoms with Crippen molar-refractivity contribution in [3.05, 3.63) is 44.7 Å². The Morgan fingerprint density at radius 2 is 2.28 bits per heavy atom. The Morgan fingerprint density at radius 3 is 2.89 bits per heavy atom. The maximum absolute atomic E-state index is 10.8. The molecule has 0 aromatic heterocycles. The van der Waals surface area contributed by atoms with E-state index < -0.39 is 16.6 Å². The summed E-state index contributed by atoms with van der Waals surface area (Å²) < 4.78 is 0. The Bertz CT molecular complexity index is 557. The summed E-state index contributed by atoms with van der Waals surface area (Å²) in [6.45, 7) is 0. The second-order valence-electron chi connectivity index (χ2n) is 3.44. The van der Waals surface area contributed by atoms with E-state index in [1.807, 2.05) is 0 Å². The second kappa shape index (κ2) is 4.87. The van der Waals surface area contributed by atoms with Crippen molar-refractivity contribution in [2.75, 3.05) is 11.1 Å². The molecule has 18 heavy (non-hydrogen) atoms. The number of benzene rings is 1. The molecule has 0 atom stereocenters. The van der Waals surface area contributed by atoms with Crippen LogP contribution in [0.15, 0.2) is 34.5 Å². The number of carboxylic acids is 1. The number of thioether (sulfide) groups is 1. The van der Waals surface area contributed by atoms with E-state index in [1.165, 1.54) is 11.8 Å². The quantitative estimate of drug-likeness (QED) is 0.493. The van der Waals surface area contributed by atoms with Crippen LogP contribution in [-0.2, 0) is 4.79 Å². The normalized spacial score (nSPS) is 16.5. The summed E-state index contributed by atoms with van der Waals surface area (Å²) in [6, 6.07) is 5.00. The molecule has 1 aromatic rings. The lowest BCUT2D eigenvalue weighted by molar-refractivity contribution is -0.422. The molecule has 8 heteroatoms. The zero-order valence-electron chi connectivity index (χ0n) is 8.84. The highest BCUT2D eigenvalue weighted by Crippen LogP contribution is 2.37. The van der Waals surface area contributed by atoms with Crippen LogP contribution in [0.4, 0.5) is 5.69 Å². The van der Waals surface area contributed by atoms with Gasteiger partial charge in [0.05, 0.1) is 10.6 Å². The number of aliphatic carboxylic acids is 1. The predicted octanol–water partition coefficient (Wildman–Crippen LogP) is 2.43. The van der Waals surface area contributed by atoms with Gasteiger partial charge in [0.25, 0.3) is 0 Å². The van der Waals surface area contributed by atoms with Crippen molar-refractivity contribution in [3.8, 4) is 0 Å². The van der Waals surface area contributed by atoms with Crippen molar-refractivity contribution < 1.29 is 14.8 Å². The summed E-state index contributed by atoms with van der Waals surface area (Å²) in [4.78, 5) is 21.5. The Morgan fingerprint density at radius 1 is 1.56 bits per heavy atom. The first-order valence-electron chi connectivity index (χ1n) is 4.79. The van der Waals surface area contributed by atoms with Crippen LogP contribution < -0.4 is 5.32 Å². The van der Waals surface area contributed by atoms with E-state index >= 15 is 0 Å². The van der Waals surface area contributed by atoms with Gasteiger partial charge in [0, 0.05) is 15.7 Å². The van der Waals surface area contributed by atoms with Gasteiger partial charge in [-0.15, -0.1) is 11.8 Å². The molecule has 0 radical (unpaired) electrons. The number of hydrogen-bond acceptors (Lipinski definition) is 5. The Labute approximate surface area is 111 Å². The SMILES string of the molecule is O=C(O)C(=C1CSc2cc(Cl)ccc2N1)[N+](=O)[O-]. The topological polar surface area (TPSA) is 92.5 Å². The van der Waals surface area contributed by atoms with Crippen LogP contribution in [0.3, 0.4) is 0 Å². The molecule has 2 N–H and O–H groups in total. The van der Waals surface area contributed by atoms with Gasteiger partial charge in [-0.05, 0) is 18.2 Å². The Hall–Kier alpha value is -1.73. The number of halogens is 1. The standard InChI is InChI=1S/C10H7ClN2O4S/c11-5-1-2-6-8(3-5)18-4-7(12-6)9(10(14)15)13(16)17/h1-3,12H,4H2,(H,14,15). The lowest BCUT2D eigenvalue weighted by atomic mass is 10.2. The van der Waals surface area contributed by atoms with Gasteiger partial charge in [0.15, 0.2) is 0 Å². The van der Waals surface area contributed by atoms with Crippen molar-refractivity contribution in [2.24, 2.45) is 0 Å². The van der Waals surface area contributed by atoms with E-state index in [1.54, 1.807) is 18.2 Å². The van der Waals surface area contributed by atoms with E-state index in [9.17, 15) is 14.9 Å². The molecule has 94 valence electrons. The summed E-state index contributed by atoms with van der Waals surface area (Å²) in [6.07, 6.45) is 0. The average molecular weight is 287 g/mol. The molecule has 6 nitrogen and oxygen atoms in total. The minimum Gasteiger partial charge on any atom is -0.473 e. The van der Waals surface area contributed by atoms with Crippen molar-refractivity contribution >= 4 is 35.0 Å². The van der Waals surface area contributed by atoms with Gasteiger partial charge in [0.1, 0.15) is 5.70 Å². The largest absolute Gasteiger partial charge is 0.473 e. The number of fused-ring (bicyclic) bond motifs is 1. The van der Waals surface area contributed by atoms with Crippen LogP contribution in [0.5, 0.6) is 0 Å². The lowest BCUT2D eigenvalue weighted by Gasteiger charge is -2.19. The van der Waals surface area contributed by atoms with Crippen molar-refractivity contribution in [1.82, 2.24) is 0 Å². The summed E-state index contributed by atoms with van der Waals surface area (Å²) in [5.41, 5.74) is -0.137. The molecule has 0 unspecified atom stereocenters. The summed E-state index contributed by atoms with van der Waals surface area (Å²) in [7, 11) is 0. The van der Waals surface area contributed by atoms with Crippen molar-refractivity contribution in [1.29, 1.82) is 0 Å². The van der Waals surface area contributed by atoms with E-state index in [0.717, 1.165) is 4.90 Å². The predicted molar refractivity (Wildman–Crippen MR) is 67.5 cm³/mol. The Kier molecular flexibility index (Phi) is 3.44. The Balaban J connectivity index is 2.42. The van der Waals surface area contributed by atoms with Crippen molar-refractivity contribution in [3.63, 3.8) is 0 Å². The third-order valence-corrected chi connectivity index (χ3v) is 3.59. The second-order valence-corrected chi connectivity index (χ2v) is 4.90. The molecule has 0 saturated heterocycles. The maximum atomic E-state index is 10.8. The zero-order chi connectivity index (χ0) is 13.3. The first kappa shape index (κ1) is 12.7. The molecule has 1 aliphatic heterocycles. The zero-order valence-corrected chi connectivity index (χ0v) is 10.4. The molecule has 0 fully saturated rings. The molecule has 0 saturated carbocycles. The summed E-state index contributed by atoms with van der Waals surface area (Å²) in [5.74, 6) is -1.36. The molecule has 0 bridgehead atoms. The third kappa shape index (κ3) is 2.41. The fourth-order valence-electron chi connectivity index (χ4n) is 1.51. The van der Waals surface area contributed by atoms with Crippen molar-refractivity contribution in [2.45, 2.75) is 4.90 Å². The highest BCUT2D eigenvalue weighted by atomic mass is 35.5. The van der Waals surface area contributed by atoms with Crippen LogP contribution in [0, 0.1) is 10.1 Å². The summed E-state index contributed by atoms with van der Waals surface area (Å²) >= 11 is 7.12. The molecule has 2 rings (SSSR count). The van der Waals surface area contributed by atoms with Gasteiger partial charge in [0.2, 0.25) is 0 Å². The van der Waals surface area contributed by atoms with Gasteiger partial charge < -0.3 is 10.4 Å². The number of carbonyl (C=O) groups is 1. The van der Waals surface area contributed by atoms with E-state index in [4.69, 9.17) is 16.7 Å². The van der Waals surface area contributed by atoms with Gasteiger partial charge in [-0.3, -0.25) is 10.1 Å². The number of nitrogens with zero attached hydrogens (tertiary/aromatic N) is 1. The van der Waals surface area contributed by atoms with E-state index in [-0.39, 0.29) is 11.4 Å². The van der Waals surface area contributed by atoms with Crippen LogP contribution in [0.2, 0.25) is 5.02 Å². The molecular weight excluding hydrogens is 280 g/mol. The van der Waals surface area contributed by atoms with E-state index in [0.29, 0.717) is 10.7 Å². The first-order chi connectivity index (χ1) is 8.49. The number of nitro groups is 1. The van der Waals surface area contributed by atoms with Gasteiger partial charge >= 0.3 is 11.7 Å². The molecule has 0 spiro atoms. The molecule has 1 heterocycles. The fraction of sp³-hybridized carbons (Fsp3) is 0.100. The summed E-state index contributed by atoms with van der Waals surface area (Å²) in [5, 5.41) is 22.8. The smallest absolute Gasteiger partial charge is 0.409 e. The number of hydrogen-bond donors (Lipinski definition) is 2. The highest BCUT2D eigenvalue weighted by Gasteiger charge is 2.29. The first-order valence-corrected chi connectivity index (χ1v) is 6.15. The molecule has 1 aromatic carbocycles.